The molecular formula is C17H27N3S. The summed E-state index contributed by atoms with van der Waals surface area (Å²) in [4.78, 5) is 4.34. The molecule has 0 amide bonds. The van der Waals surface area contributed by atoms with Gasteiger partial charge in [-0.15, -0.1) is 0 Å². The number of hydrogen-bond donors (Lipinski definition) is 2. The molecule has 1 aromatic carbocycles. The first-order chi connectivity index (χ1) is 10.0. The van der Waals surface area contributed by atoms with Crippen molar-refractivity contribution in [2.24, 2.45) is 4.99 Å². The fraction of sp³-hybridized carbons (Fsp3) is 0.588. The van der Waals surface area contributed by atoms with Crippen LogP contribution in [0.4, 0.5) is 0 Å². The van der Waals surface area contributed by atoms with Crippen molar-refractivity contribution in [1.82, 2.24) is 10.6 Å². The van der Waals surface area contributed by atoms with Crippen LogP contribution in [0.25, 0.3) is 0 Å². The third-order valence-corrected chi connectivity index (χ3v) is 5.54. The molecule has 0 heterocycles. The van der Waals surface area contributed by atoms with E-state index >= 15 is 0 Å². The minimum absolute atomic E-state index is 0.217. The number of nitrogens with zero attached hydrogens (tertiary/aromatic N) is 1. The highest BCUT2D eigenvalue weighted by atomic mass is 32.2. The van der Waals surface area contributed by atoms with Crippen molar-refractivity contribution in [3.05, 3.63) is 35.9 Å². The molecule has 1 aromatic rings. The van der Waals surface area contributed by atoms with E-state index in [4.69, 9.17) is 0 Å². The fourth-order valence-corrected chi connectivity index (χ4v) is 2.57. The van der Waals surface area contributed by atoms with Gasteiger partial charge in [-0.3, -0.25) is 4.99 Å². The van der Waals surface area contributed by atoms with Gasteiger partial charge in [0.2, 0.25) is 0 Å². The molecule has 2 rings (SSSR count). The standard InChI is InChI=1S/C17H27N3S/c1-16(2,21-4)12-19-15(18-3)20-13-17(10-11-17)14-8-6-5-7-9-14/h5-9H,10-13H2,1-4H3,(H2,18,19,20). The average molecular weight is 305 g/mol. The Labute approximate surface area is 133 Å². The summed E-state index contributed by atoms with van der Waals surface area (Å²) < 4.78 is 0.217. The molecule has 4 heteroatoms. The second kappa shape index (κ2) is 6.73. The Bertz CT molecular complexity index is 478. The SMILES string of the molecule is CN=C(NCC(C)(C)SC)NCC1(c2ccccc2)CC1. The maximum Gasteiger partial charge on any atom is 0.191 e. The van der Waals surface area contributed by atoms with Crippen LogP contribution in [0, 0.1) is 0 Å². The van der Waals surface area contributed by atoms with Gasteiger partial charge in [-0.05, 0) is 38.5 Å². The number of benzene rings is 1. The third kappa shape index (κ3) is 4.40. The molecule has 3 nitrogen and oxygen atoms in total. The fourth-order valence-electron chi connectivity index (χ4n) is 2.35. The van der Waals surface area contributed by atoms with Gasteiger partial charge in [0, 0.05) is 30.3 Å². The van der Waals surface area contributed by atoms with Crippen LogP contribution in [0.1, 0.15) is 32.3 Å². The maximum atomic E-state index is 4.34. The quantitative estimate of drug-likeness (QED) is 0.626. The van der Waals surface area contributed by atoms with Crippen LogP contribution >= 0.6 is 11.8 Å². The summed E-state index contributed by atoms with van der Waals surface area (Å²) in [5.74, 6) is 0.902. The summed E-state index contributed by atoms with van der Waals surface area (Å²) in [6, 6.07) is 10.8. The topological polar surface area (TPSA) is 36.4 Å². The highest BCUT2D eigenvalue weighted by molar-refractivity contribution is 7.99. The van der Waals surface area contributed by atoms with Gasteiger partial charge in [0.05, 0.1) is 0 Å². The van der Waals surface area contributed by atoms with E-state index < -0.39 is 0 Å². The van der Waals surface area contributed by atoms with Crippen molar-refractivity contribution in [2.45, 2.75) is 36.9 Å². The first-order valence-electron chi connectivity index (χ1n) is 7.57. The van der Waals surface area contributed by atoms with Crippen LogP contribution in [-0.4, -0.2) is 37.1 Å². The second-order valence-electron chi connectivity index (χ2n) is 6.39. The van der Waals surface area contributed by atoms with Crippen molar-refractivity contribution >= 4 is 17.7 Å². The molecular weight excluding hydrogens is 278 g/mol. The monoisotopic (exact) mass is 305 g/mol. The minimum Gasteiger partial charge on any atom is -0.356 e. The highest BCUT2D eigenvalue weighted by Gasteiger charge is 2.44. The molecule has 116 valence electrons. The lowest BCUT2D eigenvalue weighted by Gasteiger charge is -2.25. The zero-order chi connectivity index (χ0) is 15.3. The summed E-state index contributed by atoms with van der Waals surface area (Å²) in [6.45, 7) is 6.34. The number of nitrogens with one attached hydrogen (secondary N) is 2. The molecule has 0 aromatic heterocycles. The van der Waals surface area contributed by atoms with E-state index in [1.54, 1.807) is 0 Å². The lowest BCUT2D eigenvalue weighted by molar-refractivity contribution is 0.626. The van der Waals surface area contributed by atoms with Gasteiger partial charge >= 0.3 is 0 Å². The van der Waals surface area contributed by atoms with Gasteiger partial charge in [-0.1, -0.05) is 30.3 Å². The average Bonchev–Trinajstić information content (AvgIpc) is 3.29. The van der Waals surface area contributed by atoms with Crippen LogP contribution in [0.5, 0.6) is 0 Å². The minimum atomic E-state index is 0.217. The van der Waals surface area contributed by atoms with Crippen molar-refractivity contribution in [3.63, 3.8) is 0 Å². The van der Waals surface area contributed by atoms with Crippen molar-refractivity contribution in [1.29, 1.82) is 0 Å². The van der Waals surface area contributed by atoms with E-state index in [1.165, 1.54) is 18.4 Å². The predicted octanol–water partition coefficient (Wildman–Crippen LogP) is 3.02. The largest absolute Gasteiger partial charge is 0.356 e. The second-order valence-corrected chi connectivity index (χ2v) is 7.90. The molecule has 2 N–H and O–H groups in total. The first kappa shape index (κ1) is 16.2. The number of rotatable bonds is 6. The van der Waals surface area contributed by atoms with E-state index in [0.717, 1.165) is 19.0 Å². The van der Waals surface area contributed by atoms with Crippen LogP contribution in [0.2, 0.25) is 0 Å². The summed E-state index contributed by atoms with van der Waals surface area (Å²) in [5.41, 5.74) is 1.76. The van der Waals surface area contributed by atoms with E-state index in [2.05, 4.69) is 66.1 Å². The molecule has 0 bridgehead atoms. The van der Waals surface area contributed by atoms with Gasteiger partial charge in [0.25, 0.3) is 0 Å². The highest BCUT2D eigenvalue weighted by Crippen LogP contribution is 2.47. The molecule has 1 aliphatic rings. The summed E-state index contributed by atoms with van der Waals surface area (Å²) in [7, 11) is 1.84. The molecule has 1 aliphatic carbocycles. The normalized spacial score (nSPS) is 17.4. The zero-order valence-electron chi connectivity index (χ0n) is 13.6. The van der Waals surface area contributed by atoms with Gasteiger partial charge in [0.1, 0.15) is 0 Å². The summed E-state index contributed by atoms with van der Waals surface area (Å²) >= 11 is 1.87. The summed E-state index contributed by atoms with van der Waals surface area (Å²) in [5, 5.41) is 6.93. The van der Waals surface area contributed by atoms with E-state index in [9.17, 15) is 0 Å². The van der Waals surface area contributed by atoms with Gasteiger partial charge in [-0.2, -0.15) is 11.8 Å². The number of thioether (sulfide) groups is 1. The Hall–Kier alpha value is -1.16. The smallest absolute Gasteiger partial charge is 0.191 e. The van der Waals surface area contributed by atoms with Crippen molar-refractivity contribution in [2.75, 3.05) is 26.4 Å². The molecule has 0 spiro atoms. The maximum absolute atomic E-state index is 4.34. The third-order valence-electron chi connectivity index (χ3n) is 4.29. The molecule has 1 fully saturated rings. The number of hydrogen-bond acceptors (Lipinski definition) is 2. The Morgan fingerprint density at radius 3 is 2.43 bits per heavy atom. The molecule has 0 unspecified atom stereocenters. The molecule has 21 heavy (non-hydrogen) atoms. The molecule has 0 radical (unpaired) electrons. The van der Waals surface area contributed by atoms with Gasteiger partial charge < -0.3 is 10.6 Å². The Kier molecular flexibility index (Phi) is 5.20. The van der Waals surface area contributed by atoms with E-state index in [-0.39, 0.29) is 4.75 Å². The van der Waals surface area contributed by atoms with Gasteiger partial charge in [-0.25, -0.2) is 0 Å². The molecule has 1 saturated carbocycles. The predicted molar refractivity (Wildman–Crippen MR) is 94.3 cm³/mol. The van der Waals surface area contributed by atoms with Crippen LogP contribution in [0.15, 0.2) is 35.3 Å². The van der Waals surface area contributed by atoms with Crippen LogP contribution in [0.3, 0.4) is 0 Å². The lowest BCUT2D eigenvalue weighted by atomic mass is 9.96. The Balaban J connectivity index is 1.87. The number of aliphatic imine (C=N–C) groups is 1. The van der Waals surface area contributed by atoms with Crippen molar-refractivity contribution < 1.29 is 0 Å². The van der Waals surface area contributed by atoms with E-state index in [1.807, 2.05) is 18.8 Å². The lowest BCUT2D eigenvalue weighted by Crippen LogP contribution is -2.45. The Morgan fingerprint density at radius 2 is 1.90 bits per heavy atom. The van der Waals surface area contributed by atoms with Crippen LogP contribution in [-0.2, 0) is 5.41 Å². The Morgan fingerprint density at radius 1 is 1.24 bits per heavy atom. The molecule has 0 atom stereocenters. The van der Waals surface area contributed by atoms with Crippen molar-refractivity contribution in [3.8, 4) is 0 Å². The van der Waals surface area contributed by atoms with E-state index in [0.29, 0.717) is 5.41 Å². The molecule has 0 saturated heterocycles. The summed E-state index contributed by atoms with van der Waals surface area (Å²) in [6.07, 6.45) is 4.67. The van der Waals surface area contributed by atoms with Crippen LogP contribution < -0.4 is 10.6 Å². The zero-order valence-corrected chi connectivity index (χ0v) is 14.4. The number of guanidine groups is 1. The van der Waals surface area contributed by atoms with Gasteiger partial charge in [0.15, 0.2) is 5.96 Å². The first-order valence-corrected chi connectivity index (χ1v) is 8.79. The molecule has 0 aliphatic heterocycles.